The van der Waals surface area contributed by atoms with Gasteiger partial charge in [0.2, 0.25) is 0 Å². The van der Waals surface area contributed by atoms with Crippen molar-refractivity contribution in [3.63, 3.8) is 0 Å². The number of aromatic nitrogens is 3. The third kappa shape index (κ3) is 2.36. The summed E-state index contributed by atoms with van der Waals surface area (Å²) in [4.78, 5) is 13.7. The number of rotatable bonds is 2. The van der Waals surface area contributed by atoms with E-state index in [0.29, 0.717) is 0 Å². The maximum absolute atomic E-state index is 5.63. The fraction of sp³-hybridized carbons (Fsp3) is 0.400. The van der Waals surface area contributed by atoms with E-state index in [1.807, 2.05) is 26.0 Å². The summed E-state index contributed by atoms with van der Waals surface area (Å²) >= 11 is 0. The molecule has 3 rings (SSSR count). The molecule has 0 saturated carbocycles. The number of pyridine rings is 1. The molecular formula is C15H19N5. The first-order valence-corrected chi connectivity index (χ1v) is 6.99. The van der Waals surface area contributed by atoms with Crippen LogP contribution in [0.5, 0.6) is 0 Å². The van der Waals surface area contributed by atoms with Crippen molar-refractivity contribution in [3.05, 3.63) is 34.8 Å². The molecule has 0 fully saturated rings. The molecule has 2 aromatic heterocycles. The van der Waals surface area contributed by atoms with Crippen molar-refractivity contribution < 1.29 is 0 Å². The first-order valence-electron chi connectivity index (χ1n) is 6.99. The van der Waals surface area contributed by atoms with Crippen LogP contribution < -0.4 is 11.3 Å². The number of nitrogens with one attached hydrogen (secondary N) is 1. The minimum atomic E-state index is 0.729. The predicted molar refractivity (Wildman–Crippen MR) is 79.2 cm³/mol. The summed E-state index contributed by atoms with van der Waals surface area (Å²) in [7, 11) is 0. The van der Waals surface area contributed by atoms with E-state index in [1.165, 1.54) is 18.4 Å². The molecule has 3 N–H and O–H groups in total. The average molecular weight is 269 g/mol. The number of nitrogens with zero attached hydrogens (tertiary/aromatic N) is 3. The van der Waals surface area contributed by atoms with E-state index in [0.717, 1.165) is 47.1 Å². The van der Waals surface area contributed by atoms with Crippen molar-refractivity contribution in [1.82, 2.24) is 15.0 Å². The van der Waals surface area contributed by atoms with Crippen molar-refractivity contribution in [2.45, 2.75) is 39.5 Å². The van der Waals surface area contributed by atoms with E-state index in [9.17, 15) is 0 Å². The van der Waals surface area contributed by atoms with Gasteiger partial charge in [0, 0.05) is 28.2 Å². The maximum Gasteiger partial charge on any atom is 0.161 e. The van der Waals surface area contributed by atoms with Crippen molar-refractivity contribution in [2.24, 2.45) is 5.84 Å². The molecule has 0 saturated heterocycles. The molecule has 0 unspecified atom stereocenters. The molecule has 104 valence electrons. The van der Waals surface area contributed by atoms with Crippen LogP contribution in [-0.4, -0.2) is 15.0 Å². The Bertz CT molecular complexity index is 613. The summed E-state index contributed by atoms with van der Waals surface area (Å²) < 4.78 is 0. The zero-order valence-corrected chi connectivity index (χ0v) is 11.9. The number of hydrogen-bond acceptors (Lipinski definition) is 5. The van der Waals surface area contributed by atoms with Gasteiger partial charge in [0.15, 0.2) is 5.82 Å². The summed E-state index contributed by atoms with van der Waals surface area (Å²) in [5.41, 5.74) is 7.98. The molecule has 0 aliphatic heterocycles. The predicted octanol–water partition coefficient (Wildman–Crippen LogP) is 2.32. The van der Waals surface area contributed by atoms with Crippen LogP contribution in [0.4, 0.5) is 5.82 Å². The summed E-state index contributed by atoms with van der Waals surface area (Å²) in [6.45, 7) is 3.97. The molecule has 1 aliphatic rings. The minimum absolute atomic E-state index is 0.729. The Morgan fingerprint density at radius 2 is 1.70 bits per heavy atom. The highest BCUT2D eigenvalue weighted by molar-refractivity contribution is 5.60. The Hall–Kier alpha value is -2.01. The molecule has 0 bridgehead atoms. The zero-order valence-electron chi connectivity index (χ0n) is 11.9. The Kier molecular flexibility index (Phi) is 3.36. The third-order valence-electron chi connectivity index (χ3n) is 3.66. The Morgan fingerprint density at radius 3 is 2.40 bits per heavy atom. The van der Waals surface area contributed by atoms with Crippen LogP contribution in [0, 0.1) is 13.8 Å². The second-order valence-corrected chi connectivity index (χ2v) is 5.31. The van der Waals surface area contributed by atoms with Crippen LogP contribution in [0.3, 0.4) is 0 Å². The van der Waals surface area contributed by atoms with Gasteiger partial charge in [-0.05, 0) is 51.7 Å². The van der Waals surface area contributed by atoms with Crippen molar-refractivity contribution in [1.29, 1.82) is 0 Å². The molecule has 0 radical (unpaired) electrons. The largest absolute Gasteiger partial charge is 0.308 e. The number of hydrogen-bond donors (Lipinski definition) is 2. The Balaban J connectivity index is 2.14. The van der Waals surface area contributed by atoms with Gasteiger partial charge in [-0.25, -0.2) is 15.8 Å². The van der Waals surface area contributed by atoms with E-state index in [1.54, 1.807) is 0 Å². The molecule has 2 heterocycles. The SMILES string of the molecule is Cc1cc(-c2nc3c(c(NN)n2)CCCC3)cc(C)n1. The summed E-state index contributed by atoms with van der Waals surface area (Å²) in [6, 6.07) is 4.02. The van der Waals surface area contributed by atoms with Gasteiger partial charge in [-0.2, -0.15) is 0 Å². The van der Waals surface area contributed by atoms with E-state index >= 15 is 0 Å². The highest BCUT2D eigenvalue weighted by atomic mass is 15.3. The van der Waals surface area contributed by atoms with Crippen molar-refractivity contribution in [2.75, 3.05) is 5.43 Å². The lowest BCUT2D eigenvalue weighted by Gasteiger charge is -2.18. The highest BCUT2D eigenvalue weighted by Gasteiger charge is 2.18. The fourth-order valence-corrected chi connectivity index (χ4v) is 2.81. The molecule has 2 aromatic rings. The summed E-state index contributed by atoms with van der Waals surface area (Å²) in [6.07, 6.45) is 4.37. The van der Waals surface area contributed by atoms with Crippen molar-refractivity contribution >= 4 is 5.82 Å². The number of anilines is 1. The normalized spacial score (nSPS) is 13.9. The zero-order chi connectivity index (χ0) is 14.1. The van der Waals surface area contributed by atoms with Gasteiger partial charge in [-0.15, -0.1) is 0 Å². The van der Waals surface area contributed by atoms with Crippen LogP contribution in [0.1, 0.15) is 35.5 Å². The second-order valence-electron chi connectivity index (χ2n) is 5.31. The number of nitrogen functional groups attached to an aromatic ring is 1. The number of hydrazine groups is 1. The first kappa shape index (κ1) is 13.0. The molecule has 0 atom stereocenters. The van der Waals surface area contributed by atoms with Crippen LogP contribution in [0.15, 0.2) is 12.1 Å². The average Bonchev–Trinajstić information content (AvgIpc) is 2.45. The molecular weight excluding hydrogens is 250 g/mol. The lowest BCUT2D eigenvalue weighted by atomic mass is 9.96. The van der Waals surface area contributed by atoms with E-state index in [2.05, 4.69) is 15.4 Å². The second kappa shape index (κ2) is 5.17. The molecule has 0 spiro atoms. The lowest BCUT2D eigenvalue weighted by Crippen LogP contribution is -2.17. The van der Waals surface area contributed by atoms with E-state index < -0.39 is 0 Å². The smallest absolute Gasteiger partial charge is 0.161 e. The van der Waals surface area contributed by atoms with Gasteiger partial charge in [0.25, 0.3) is 0 Å². The lowest BCUT2D eigenvalue weighted by molar-refractivity contribution is 0.665. The summed E-state index contributed by atoms with van der Waals surface area (Å²) in [5.74, 6) is 7.12. The van der Waals surface area contributed by atoms with Gasteiger partial charge in [-0.1, -0.05) is 0 Å². The van der Waals surface area contributed by atoms with Gasteiger partial charge in [0.05, 0.1) is 0 Å². The van der Waals surface area contributed by atoms with E-state index in [-0.39, 0.29) is 0 Å². The molecule has 5 nitrogen and oxygen atoms in total. The number of fused-ring (bicyclic) bond motifs is 1. The topological polar surface area (TPSA) is 76.7 Å². The Labute approximate surface area is 118 Å². The Morgan fingerprint density at radius 1 is 1.00 bits per heavy atom. The standard InChI is InChI=1S/C15H19N5/c1-9-7-11(8-10(2)17-9)14-18-13-6-4-3-5-12(13)15(19-14)20-16/h7-8H,3-6,16H2,1-2H3,(H,18,19,20). The van der Waals surface area contributed by atoms with Crippen LogP contribution >= 0.6 is 0 Å². The van der Waals surface area contributed by atoms with E-state index in [4.69, 9.17) is 10.8 Å². The third-order valence-corrected chi connectivity index (χ3v) is 3.66. The van der Waals surface area contributed by atoms with Crippen LogP contribution in [0.2, 0.25) is 0 Å². The monoisotopic (exact) mass is 269 g/mol. The molecule has 1 aliphatic carbocycles. The van der Waals surface area contributed by atoms with Crippen LogP contribution in [-0.2, 0) is 12.8 Å². The molecule has 20 heavy (non-hydrogen) atoms. The van der Waals surface area contributed by atoms with Crippen molar-refractivity contribution in [3.8, 4) is 11.4 Å². The quantitative estimate of drug-likeness (QED) is 0.646. The first-order chi connectivity index (χ1) is 9.67. The molecule has 0 amide bonds. The van der Waals surface area contributed by atoms with Gasteiger partial charge < -0.3 is 5.43 Å². The number of nitrogens with two attached hydrogens (primary N) is 1. The van der Waals surface area contributed by atoms with Crippen LogP contribution in [0.25, 0.3) is 11.4 Å². The molecule has 0 aromatic carbocycles. The van der Waals surface area contributed by atoms with Gasteiger partial charge >= 0.3 is 0 Å². The summed E-state index contributed by atoms with van der Waals surface area (Å²) in [5, 5.41) is 0. The van der Waals surface area contributed by atoms with Gasteiger partial charge in [0.1, 0.15) is 5.82 Å². The number of aryl methyl sites for hydroxylation is 3. The highest BCUT2D eigenvalue weighted by Crippen LogP contribution is 2.28. The maximum atomic E-state index is 5.63. The minimum Gasteiger partial charge on any atom is -0.308 e. The molecule has 5 heteroatoms. The van der Waals surface area contributed by atoms with Gasteiger partial charge in [-0.3, -0.25) is 4.98 Å². The fourth-order valence-electron chi connectivity index (χ4n) is 2.81.